The summed E-state index contributed by atoms with van der Waals surface area (Å²) < 4.78 is 45.1. The third-order valence-electron chi connectivity index (χ3n) is 3.88. The van der Waals surface area contributed by atoms with E-state index in [1.165, 1.54) is 17.9 Å². The van der Waals surface area contributed by atoms with Gasteiger partial charge in [0, 0.05) is 12.6 Å². The number of nitrogens with zero attached hydrogens (tertiary/aromatic N) is 1. The summed E-state index contributed by atoms with van der Waals surface area (Å²) >= 11 is 0. The van der Waals surface area contributed by atoms with Crippen molar-refractivity contribution in [2.24, 2.45) is 5.73 Å². The fourth-order valence-corrected chi connectivity index (χ4v) is 2.81. The summed E-state index contributed by atoms with van der Waals surface area (Å²) in [5.74, 6) is 0. The molecule has 2 rings (SSSR count). The number of amides is 1. The summed E-state index contributed by atoms with van der Waals surface area (Å²) in [7, 11) is 0. The maximum Gasteiger partial charge on any atom is 0.416 e. The molecular weight excluding hydrogens is 321 g/mol. The molecule has 24 heavy (non-hydrogen) atoms. The van der Waals surface area contributed by atoms with Crippen molar-refractivity contribution < 1.29 is 22.7 Å². The molecule has 0 saturated heterocycles. The molecule has 1 aliphatic rings. The number of benzene rings is 1. The van der Waals surface area contributed by atoms with Gasteiger partial charge in [0.05, 0.1) is 11.3 Å². The van der Waals surface area contributed by atoms with E-state index in [1.54, 1.807) is 20.8 Å². The average Bonchev–Trinajstić information content (AvgIpc) is 2.54. The van der Waals surface area contributed by atoms with Gasteiger partial charge in [0.1, 0.15) is 5.60 Å². The van der Waals surface area contributed by atoms with Gasteiger partial charge >= 0.3 is 12.3 Å². The van der Waals surface area contributed by atoms with Crippen LogP contribution in [0.2, 0.25) is 0 Å². The molecule has 134 valence electrons. The highest BCUT2D eigenvalue weighted by Crippen LogP contribution is 2.40. The van der Waals surface area contributed by atoms with Crippen LogP contribution in [0.25, 0.3) is 0 Å². The zero-order chi connectivity index (χ0) is 18.3. The Labute approximate surface area is 139 Å². The average molecular weight is 344 g/mol. The Kier molecular flexibility index (Phi) is 4.86. The summed E-state index contributed by atoms with van der Waals surface area (Å²) in [4.78, 5) is 13.7. The zero-order valence-corrected chi connectivity index (χ0v) is 14.3. The van der Waals surface area contributed by atoms with Crippen LogP contribution in [0.15, 0.2) is 12.1 Å². The van der Waals surface area contributed by atoms with Crippen molar-refractivity contribution >= 4 is 11.8 Å². The van der Waals surface area contributed by atoms with Gasteiger partial charge in [-0.2, -0.15) is 13.2 Å². The summed E-state index contributed by atoms with van der Waals surface area (Å²) in [6, 6.07) is 2.04. The van der Waals surface area contributed by atoms with E-state index in [-0.39, 0.29) is 17.8 Å². The standard InChI is InChI=1S/C17H23F3N2O2/c1-10-8-11-13(21)6-5-7-22(15(23)24-16(2,3)4)14(11)9-12(10)17(18,19)20/h8-9,13H,5-7,21H2,1-4H3. The Morgan fingerprint density at radius 3 is 2.46 bits per heavy atom. The van der Waals surface area contributed by atoms with Gasteiger partial charge in [0.25, 0.3) is 0 Å². The molecule has 0 fully saturated rings. The lowest BCUT2D eigenvalue weighted by molar-refractivity contribution is -0.138. The minimum atomic E-state index is -4.49. The molecule has 1 amide bonds. The van der Waals surface area contributed by atoms with Crippen LogP contribution in [0.3, 0.4) is 0 Å². The van der Waals surface area contributed by atoms with Gasteiger partial charge in [-0.05, 0) is 57.7 Å². The largest absolute Gasteiger partial charge is 0.443 e. The number of carbonyl (C=O) groups excluding carboxylic acids is 1. The van der Waals surface area contributed by atoms with Crippen molar-refractivity contribution in [3.05, 3.63) is 28.8 Å². The van der Waals surface area contributed by atoms with Crippen LogP contribution >= 0.6 is 0 Å². The highest BCUT2D eigenvalue weighted by Gasteiger charge is 2.36. The molecule has 0 spiro atoms. The Hall–Kier alpha value is -1.76. The predicted octanol–water partition coefficient (Wildman–Crippen LogP) is 4.55. The van der Waals surface area contributed by atoms with E-state index in [9.17, 15) is 18.0 Å². The van der Waals surface area contributed by atoms with Crippen LogP contribution < -0.4 is 10.6 Å². The molecule has 4 nitrogen and oxygen atoms in total. The summed E-state index contributed by atoms with van der Waals surface area (Å²) in [5, 5.41) is 0. The molecule has 1 unspecified atom stereocenters. The highest BCUT2D eigenvalue weighted by molar-refractivity contribution is 5.89. The maximum atomic E-state index is 13.3. The minimum Gasteiger partial charge on any atom is -0.443 e. The SMILES string of the molecule is Cc1cc2c(cc1C(F)(F)F)N(C(=O)OC(C)(C)C)CCCC2N. The lowest BCUT2D eigenvalue weighted by Gasteiger charge is -2.28. The molecule has 0 radical (unpaired) electrons. The number of aryl methyl sites for hydroxylation is 1. The van der Waals surface area contributed by atoms with E-state index in [0.29, 0.717) is 18.4 Å². The number of anilines is 1. The van der Waals surface area contributed by atoms with Crippen LogP contribution in [0.5, 0.6) is 0 Å². The number of alkyl halides is 3. The Morgan fingerprint density at radius 1 is 1.29 bits per heavy atom. The monoisotopic (exact) mass is 344 g/mol. The third kappa shape index (κ3) is 4.01. The number of fused-ring (bicyclic) bond motifs is 1. The minimum absolute atomic E-state index is 0.0998. The van der Waals surface area contributed by atoms with E-state index in [1.807, 2.05) is 0 Å². The van der Waals surface area contributed by atoms with Gasteiger partial charge in [0.2, 0.25) is 0 Å². The summed E-state index contributed by atoms with van der Waals surface area (Å²) in [5.41, 5.74) is 5.44. The first-order valence-electron chi connectivity index (χ1n) is 7.88. The second-order valence-electron chi connectivity index (χ2n) is 7.10. The number of hydrogen-bond donors (Lipinski definition) is 1. The first-order chi connectivity index (χ1) is 10.9. The first kappa shape index (κ1) is 18.6. The van der Waals surface area contributed by atoms with Gasteiger partial charge in [-0.25, -0.2) is 4.79 Å². The number of hydrogen-bond acceptors (Lipinski definition) is 3. The molecule has 1 atom stereocenters. The Morgan fingerprint density at radius 2 is 1.92 bits per heavy atom. The topological polar surface area (TPSA) is 55.6 Å². The molecule has 0 bridgehead atoms. The van der Waals surface area contributed by atoms with Crippen molar-refractivity contribution in [2.75, 3.05) is 11.4 Å². The third-order valence-corrected chi connectivity index (χ3v) is 3.88. The van der Waals surface area contributed by atoms with Gasteiger partial charge < -0.3 is 10.5 Å². The summed E-state index contributed by atoms with van der Waals surface area (Å²) in [6.07, 6.45) is -3.96. The van der Waals surface area contributed by atoms with Crippen LogP contribution in [-0.2, 0) is 10.9 Å². The second kappa shape index (κ2) is 6.27. The van der Waals surface area contributed by atoms with Crippen molar-refractivity contribution in [3.63, 3.8) is 0 Å². The molecule has 1 aromatic carbocycles. The van der Waals surface area contributed by atoms with E-state index in [0.717, 1.165) is 6.07 Å². The second-order valence-corrected chi connectivity index (χ2v) is 7.10. The van der Waals surface area contributed by atoms with E-state index >= 15 is 0 Å². The zero-order valence-electron chi connectivity index (χ0n) is 14.3. The van der Waals surface area contributed by atoms with Crippen LogP contribution in [0.4, 0.5) is 23.7 Å². The molecule has 1 aliphatic heterocycles. The Bertz CT molecular complexity index is 636. The lowest BCUT2D eigenvalue weighted by atomic mass is 9.96. The summed E-state index contributed by atoms with van der Waals surface area (Å²) in [6.45, 7) is 6.82. The fourth-order valence-electron chi connectivity index (χ4n) is 2.81. The quantitative estimate of drug-likeness (QED) is 0.751. The van der Waals surface area contributed by atoms with Crippen molar-refractivity contribution in [2.45, 2.75) is 58.4 Å². The molecule has 1 aromatic rings. The fraction of sp³-hybridized carbons (Fsp3) is 0.588. The van der Waals surface area contributed by atoms with Crippen molar-refractivity contribution in [1.29, 1.82) is 0 Å². The number of carbonyl (C=O) groups is 1. The molecule has 0 saturated carbocycles. The first-order valence-corrected chi connectivity index (χ1v) is 7.88. The number of nitrogens with two attached hydrogens (primary N) is 1. The van der Waals surface area contributed by atoms with Gasteiger partial charge in [0.15, 0.2) is 0 Å². The van der Waals surface area contributed by atoms with Crippen molar-refractivity contribution in [3.8, 4) is 0 Å². The smallest absolute Gasteiger partial charge is 0.416 e. The molecular formula is C17H23F3N2O2. The van der Waals surface area contributed by atoms with E-state index in [4.69, 9.17) is 10.5 Å². The van der Waals surface area contributed by atoms with Crippen LogP contribution in [0.1, 0.15) is 56.3 Å². The molecule has 7 heteroatoms. The molecule has 2 N–H and O–H groups in total. The maximum absolute atomic E-state index is 13.3. The number of rotatable bonds is 0. The van der Waals surface area contributed by atoms with Gasteiger partial charge in [-0.3, -0.25) is 4.90 Å². The van der Waals surface area contributed by atoms with Crippen molar-refractivity contribution in [1.82, 2.24) is 0 Å². The van der Waals surface area contributed by atoms with Gasteiger partial charge in [-0.1, -0.05) is 6.07 Å². The highest BCUT2D eigenvalue weighted by atomic mass is 19.4. The van der Waals surface area contributed by atoms with E-state index < -0.39 is 29.5 Å². The number of halogens is 3. The Balaban J connectivity index is 2.55. The molecule has 0 aliphatic carbocycles. The normalized spacial score (nSPS) is 18.8. The number of ether oxygens (including phenoxy) is 1. The van der Waals surface area contributed by atoms with E-state index in [2.05, 4.69) is 0 Å². The van der Waals surface area contributed by atoms with Crippen LogP contribution in [0, 0.1) is 6.92 Å². The van der Waals surface area contributed by atoms with Crippen LogP contribution in [-0.4, -0.2) is 18.2 Å². The lowest BCUT2D eigenvalue weighted by Crippen LogP contribution is -2.37. The van der Waals surface area contributed by atoms with Gasteiger partial charge in [-0.15, -0.1) is 0 Å². The molecule has 1 heterocycles. The predicted molar refractivity (Wildman–Crippen MR) is 85.9 cm³/mol. The molecule has 0 aromatic heterocycles.